The summed E-state index contributed by atoms with van der Waals surface area (Å²) in [5.41, 5.74) is 11.2. The van der Waals surface area contributed by atoms with Crippen molar-refractivity contribution in [3.8, 4) is 0 Å². The number of rotatable bonds is 2. The highest BCUT2D eigenvalue weighted by atomic mass is 19.1. The zero-order valence-electron chi connectivity index (χ0n) is 20.4. The van der Waals surface area contributed by atoms with Gasteiger partial charge >= 0.3 is 0 Å². The predicted octanol–water partition coefficient (Wildman–Crippen LogP) is 4.35. The second kappa shape index (κ2) is 7.15. The summed E-state index contributed by atoms with van der Waals surface area (Å²) in [7, 11) is 0. The Bertz CT molecular complexity index is 1860. The van der Waals surface area contributed by atoms with Crippen molar-refractivity contribution in [3.63, 3.8) is 0 Å². The van der Waals surface area contributed by atoms with Crippen LogP contribution in [0.5, 0.6) is 0 Å². The Kier molecular flexibility index (Phi) is 4.09. The van der Waals surface area contributed by atoms with Crippen molar-refractivity contribution in [1.29, 1.82) is 0 Å². The predicted molar refractivity (Wildman–Crippen MR) is 138 cm³/mol. The van der Waals surface area contributed by atoms with Crippen LogP contribution in [0, 0.1) is 17.0 Å². The Balaban J connectivity index is 1.27. The third kappa shape index (κ3) is 2.77. The molecule has 2 aliphatic heterocycles. The average Bonchev–Trinajstić information content (AvgIpc) is 3.37. The first-order valence-electron chi connectivity index (χ1n) is 12.7. The maximum absolute atomic E-state index is 16.1. The summed E-state index contributed by atoms with van der Waals surface area (Å²) in [6, 6.07) is 4.56. The quantitative estimate of drug-likeness (QED) is 0.320. The van der Waals surface area contributed by atoms with Gasteiger partial charge < -0.3 is 9.97 Å². The fraction of sp³-hybridized carbons (Fsp3) is 0.286. The number of aromatic nitrogens is 2. The number of hydrogen-bond acceptors (Lipinski definition) is 4. The molecule has 0 fully saturated rings. The molecule has 8 rings (SSSR count). The van der Waals surface area contributed by atoms with E-state index in [2.05, 4.69) is 31.0 Å². The highest BCUT2D eigenvalue weighted by Gasteiger charge is 2.40. The fourth-order valence-electron chi connectivity index (χ4n) is 6.94. The SMILES string of the molecule is CC1(Cc2cc3c4c5c([nH]c4c2F)CCCC5=NNC3=O)CC2=NNC(=O)c3c(F)ccc4[nH]c(c2c34)C1. The van der Waals surface area contributed by atoms with E-state index < -0.39 is 17.1 Å². The van der Waals surface area contributed by atoms with Gasteiger partial charge in [0.25, 0.3) is 11.8 Å². The number of hydrogen-bond donors (Lipinski definition) is 4. The number of carbonyl (C=O) groups is 2. The second-order valence-electron chi connectivity index (χ2n) is 11.1. The van der Waals surface area contributed by atoms with Crippen molar-refractivity contribution in [2.24, 2.45) is 15.6 Å². The van der Waals surface area contributed by atoms with E-state index in [-0.39, 0.29) is 17.3 Å². The lowest BCUT2D eigenvalue weighted by molar-refractivity contribution is 0.0946. The van der Waals surface area contributed by atoms with Gasteiger partial charge in [0.15, 0.2) is 5.82 Å². The van der Waals surface area contributed by atoms with Gasteiger partial charge in [0.1, 0.15) is 5.82 Å². The van der Waals surface area contributed by atoms with Gasteiger partial charge in [0, 0.05) is 38.8 Å². The number of nitrogens with one attached hydrogen (secondary N) is 4. The highest BCUT2D eigenvalue weighted by molar-refractivity contribution is 6.22. The summed E-state index contributed by atoms with van der Waals surface area (Å²) in [5.74, 6) is -1.90. The van der Waals surface area contributed by atoms with Crippen LogP contribution in [0.25, 0.3) is 21.8 Å². The third-order valence-corrected chi connectivity index (χ3v) is 8.45. The van der Waals surface area contributed by atoms with Crippen LogP contribution in [0.1, 0.15) is 75.0 Å². The zero-order valence-corrected chi connectivity index (χ0v) is 20.4. The molecule has 2 aromatic heterocycles. The number of benzene rings is 2. The minimum absolute atomic E-state index is 0.0164. The van der Waals surface area contributed by atoms with Crippen LogP contribution in [0.15, 0.2) is 28.4 Å². The van der Waals surface area contributed by atoms with E-state index in [1.807, 2.05) is 6.92 Å². The molecule has 1 unspecified atom stereocenters. The number of hydrazone groups is 2. The molecule has 4 aliphatic rings. The Hall–Kier alpha value is -4.34. The molecule has 1 atom stereocenters. The largest absolute Gasteiger partial charge is 0.358 e. The number of aryl methyl sites for hydroxylation is 1. The van der Waals surface area contributed by atoms with Crippen molar-refractivity contribution in [2.75, 3.05) is 0 Å². The zero-order chi connectivity index (χ0) is 25.9. The van der Waals surface area contributed by atoms with E-state index in [9.17, 15) is 14.0 Å². The minimum Gasteiger partial charge on any atom is -0.358 e. The lowest BCUT2D eigenvalue weighted by Crippen LogP contribution is -2.33. The highest BCUT2D eigenvalue weighted by Crippen LogP contribution is 2.44. The standard InChI is InChI=1S/C28H22F2N6O2/c1-28(9-17-22-18(10-28)34-36-27(38)20-13(29)5-6-15(31-17)23(20)22)8-11-7-12-19-21-14(32-25(19)24(11)30)3-2-4-16(21)33-35-26(12)37/h5-7,31-32H,2-4,8-10H2,1H3,(H,35,37)(H,36,38). The topological polar surface area (TPSA) is 114 Å². The second-order valence-corrected chi connectivity index (χ2v) is 11.1. The van der Waals surface area contributed by atoms with Gasteiger partial charge in [-0.05, 0) is 67.7 Å². The van der Waals surface area contributed by atoms with Gasteiger partial charge in [-0.1, -0.05) is 6.92 Å². The van der Waals surface area contributed by atoms with E-state index in [1.54, 1.807) is 12.1 Å². The molecule has 190 valence electrons. The Labute approximate surface area is 214 Å². The van der Waals surface area contributed by atoms with Crippen LogP contribution >= 0.6 is 0 Å². The molecule has 2 aliphatic carbocycles. The number of halogens is 2. The van der Waals surface area contributed by atoms with E-state index in [1.165, 1.54) is 6.07 Å². The monoisotopic (exact) mass is 512 g/mol. The van der Waals surface area contributed by atoms with Crippen LogP contribution in [-0.4, -0.2) is 33.2 Å². The van der Waals surface area contributed by atoms with Gasteiger partial charge in [-0.15, -0.1) is 0 Å². The number of H-pyrrole nitrogens is 2. The Morgan fingerprint density at radius 3 is 2.55 bits per heavy atom. The van der Waals surface area contributed by atoms with Crippen molar-refractivity contribution < 1.29 is 18.4 Å². The Morgan fingerprint density at radius 1 is 0.895 bits per heavy atom. The molecule has 8 nitrogen and oxygen atoms in total. The van der Waals surface area contributed by atoms with E-state index in [4.69, 9.17) is 0 Å². The number of nitrogens with zero attached hydrogens (tertiary/aromatic N) is 2. The maximum atomic E-state index is 16.1. The van der Waals surface area contributed by atoms with Crippen LogP contribution in [0.4, 0.5) is 8.78 Å². The molecular formula is C28H22F2N6O2. The molecule has 4 aromatic rings. The van der Waals surface area contributed by atoms with E-state index >= 15 is 4.39 Å². The minimum atomic E-state index is -0.596. The van der Waals surface area contributed by atoms with Crippen LogP contribution in [-0.2, 0) is 19.3 Å². The van der Waals surface area contributed by atoms with Crippen LogP contribution in [0.3, 0.4) is 0 Å². The van der Waals surface area contributed by atoms with Gasteiger partial charge in [-0.3, -0.25) is 9.59 Å². The molecule has 0 saturated carbocycles. The summed E-state index contributed by atoms with van der Waals surface area (Å²) >= 11 is 0. The van der Waals surface area contributed by atoms with E-state index in [0.29, 0.717) is 57.9 Å². The van der Waals surface area contributed by atoms with Crippen LogP contribution < -0.4 is 10.9 Å². The number of amides is 2. The molecule has 0 spiro atoms. The molecular weight excluding hydrogens is 490 g/mol. The van der Waals surface area contributed by atoms with E-state index in [0.717, 1.165) is 47.5 Å². The van der Waals surface area contributed by atoms with Gasteiger partial charge in [-0.2, -0.15) is 10.2 Å². The van der Waals surface area contributed by atoms with Crippen molar-refractivity contribution in [2.45, 2.75) is 45.4 Å². The summed E-state index contributed by atoms with van der Waals surface area (Å²) < 4.78 is 30.8. The van der Waals surface area contributed by atoms with Crippen molar-refractivity contribution >= 4 is 45.0 Å². The molecule has 4 N–H and O–H groups in total. The number of aromatic amines is 2. The number of carbonyl (C=O) groups excluding carboxylic acids is 2. The smallest absolute Gasteiger partial charge is 0.275 e. The lowest BCUT2D eigenvalue weighted by atomic mass is 9.70. The molecule has 4 heterocycles. The fourth-order valence-corrected chi connectivity index (χ4v) is 6.94. The first kappa shape index (κ1) is 21.7. The first-order chi connectivity index (χ1) is 18.3. The van der Waals surface area contributed by atoms with Gasteiger partial charge in [0.2, 0.25) is 0 Å². The van der Waals surface area contributed by atoms with Crippen molar-refractivity contribution in [3.05, 3.63) is 69.0 Å². The van der Waals surface area contributed by atoms with Crippen LogP contribution in [0.2, 0.25) is 0 Å². The summed E-state index contributed by atoms with van der Waals surface area (Å²) in [4.78, 5) is 32.3. The van der Waals surface area contributed by atoms with Crippen molar-refractivity contribution in [1.82, 2.24) is 20.8 Å². The lowest BCUT2D eigenvalue weighted by Gasteiger charge is -2.34. The molecule has 0 saturated heterocycles. The summed E-state index contributed by atoms with van der Waals surface area (Å²) in [6.07, 6.45) is 3.71. The summed E-state index contributed by atoms with van der Waals surface area (Å²) in [6.45, 7) is 2.04. The third-order valence-electron chi connectivity index (χ3n) is 8.45. The molecule has 0 radical (unpaired) electrons. The average molecular weight is 513 g/mol. The maximum Gasteiger partial charge on any atom is 0.275 e. The molecule has 38 heavy (non-hydrogen) atoms. The van der Waals surface area contributed by atoms with Gasteiger partial charge in [0.05, 0.1) is 28.1 Å². The summed E-state index contributed by atoms with van der Waals surface area (Å²) in [5, 5.41) is 9.82. The molecule has 2 aromatic carbocycles. The van der Waals surface area contributed by atoms with Gasteiger partial charge in [-0.25, -0.2) is 19.6 Å². The first-order valence-corrected chi connectivity index (χ1v) is 12.7. The Morgan fingerprint density at radius 2 is 1.68 bits per heavy atom. The molecule has 0 bridgehead atoms. The molecule has 2 amide bonds. The normalized spacial score (nSPS) is 21.6. The molecule has 10 heteroatoms.